The fourth-order valence-corrected chi connectivity index (χ4v) is 3.40. The second-order valence-corrected chi connectivity index (χ2v) is 6.39. The van der Waals surface area contributed by atoms with Crippen LogP contribution in [-0.2, 0) is 11.3 Å². The van der Waals surface area contributed by atoms with Crippen LogP contribution in [0.25, 0.3) is 11.0 Å². The summed E-state index contributed by atoms with van der Waals surface area (Å²) >= 11 is 1.35. The fourth-order valence-electron chi connectivity index (χ4n) is 2.52. The maximum absolute atomic E-state index is 13.7. The number of aryl methyl sites for hydroxylation is 2. The number of imidazole rings is 1. The Morgan fingerprint density at radius 3 is 2.88 bits per heavy atom. The Morgan fingerprint density at radius 2 is 2.08 bits per heavy atom. The zero-order valence-corrected chi connectivity index (χ0v) is 14.4. The van der Waals surface area contributed by atoms with Crippen molar-refractivity contribution in [2.45, 2.75) is 25.5 Å². The molecule has 0 aliphatic rings. The van der Waals surface area contributed by atoms with E-state index in [1.807, 2.05) is 38.1 Å². The summed E-state index contributed by atoms with van der Waals surface area (Å²) in [6.45, 7) is 4.67. The number of para-hydroxylation sites is 2. The van der Waals surface area contributed by atoms with Crippen molar-refractivity contribution < 1.29 is 9.18 Å². The van der Waals surface area contributed by atoms with Gasteiger partial charge in [-0.2, -0.15) is 0 Å². The van der Waals surface area contributed by atoms with Crippen LogP contribution in [-0.4, -0.2) is 21.2 Å². The van der Waals surface area contributed by atoms with Gasteiger partial charge in [0.1, 0.15) is 5.82 Å². The van der Waals surface area contributed by atoms with Gasteiger partial charge in [0.25, 0.3) is 0 Å². The van der Waals surface area contributed by atoms with Crippen molar-refractivity contribution in [3.63, 3.8) is 0 Å². The van der Waals surface area contributed by atoms with E-state index in [0.717, 1.165) is 28.3 Å². The third-order valence-corrected chi connectivity index (χ3v) is 4.64. The molecule has 1 heterocycles. The molecule has 2 aromatic carbocycles. The SMILES string of the molecule is CCn1c(SCC(=O)Nc2cc(C)ccc2F)nc2ccccc21. The predicted molar refractivity (Wildman–Crippen MR) is 95.9 cm³/mol. The first-order chi connectivity index (χ1) is 11.6. The van der Waals surface area contributed by atoms with Gasteiger partial charge in [0, 0.05) is 6.54 Å². The number of fused-ring (bicyclic) bond motifs is 1. The number of carbonyl (C=O) groups is 1. The van der Waals surface area contributed by atoms with E-state index in [9.17, 15) is 9.18 Å². The number of halogens is 1. The maximum atomic E-state index is 13.7. The highest BCUT2D eigenvalue weighted by atomic mass is 32.2. The van der Waals surface area contributed by atoms with Crippen LogP contribution in [0, 0.1) is 12.7 Å². The Kier molecular flexibility index (Phi) is 4.85. The number of rotatable bonds is 5. The third kappa shape index (κ3) is 3.43. The van der Waals surface area contributed by atoms with Crippen molar-refractivity contribution in [1.29, 1.82) is 0 Å². The van der Waals surface area contributed by atoms with Crippen LogP contribution in [0.5, 0.6) is 0 Å². The molecule has 24 heavy (non-hydrogen) atoms. The molecular weight excluding hydrogens is 325 g/mol. The second-order valence-electron chi connectivity index (χ2n) is 5.45. The number of thioether (sulfide) groups is 1. The van der Waals surface area contributed by atoms with Crippen molar-refractivity contribution in [2.24, 2.45) is 0 Å². The molecule has 1 N–H and O–H groups in total. The summed E-state index contributed by atoms with van der Waals surface area (Å²) in [5.41, 5.74) is 3.07. The summed E-state index contributed by atoms with van der Waals surface area (Å²) < 4.78 is 15.8. The van der Waals surface area contributed by atoms with E-state index in [1.165, 1.54) is 17.8 Å². The zero-order chi connectivity index (χ0) is 17.1. The van der Waals surface area contributed by atoms with Crippen molar-refractivity contribution in [3.8, 4) is 0 Å². The summed E-state index contributed by atoms with van der Waals surface area (Å²) in [5, 5.41) is 3.41. The van der Waals surface area contributed by atoms with Gasteiger partial charge in [-0.25, -0.2) is 9.37 Å². The maximum Gasteiger partial charge on any atom is 0.234 e. The van der Waals surface area contributed by atoms with E-state index in [1.54, 1.807) is 12.1 Å². The van der Waals surface area contributed by atoms with Gasteiger partial charge in [-0.15, -0.1) is 0 Å². The van der Waals surface area contributed by atoms with Gasteiger partial charge in [-0.3, -0.25) is 4.79 Å². The lowest BCUT2D eigenvalue weighted by Crippen LogP contribution is -2.15. The number of aromatic nitrogens is 2. The molecule has 0 unspecified atom stereocenters. The summed E-state index contributed by atoms with van der Waals surface area (Å²) in [7, 11) is 0. The molecule has 1 aromatic heterocycles. The van der Waals surface area contributed by atoms with Gasteiger partial charge in [-0.05, 0) is 43.7 Å². The normalized spacial score (nSPS) is 11.0. The molecule has 0 aliphatic carbocycles. The molecule has 1 amide bonds. The molecule has 0 radical (unpaired) electrons. The van der Waals surface area contributed by atoms with Gasteiger partial charge >= 0.3 is 0 Å². The molecule has 0 saturated carbocycles. The van der Waals surface area contributed by atoms with E-state index in [-0.39, 0.29) is 17.3 Å². The summed E-state index contributed by atoms with van der Waals surface area (Å²) in [4.78, 5) is 16.7. The molecule has 0 bridgehead atoms. The average molecular weight is 343 g/mol. The van der Waals surface area contributed by atoms with E-state index < -0.39 is 5.82 Å². The van der Waals surface area contributed by atoms with Crippen molar-refractivity contribution in [3.05, 3.63) is 53.8 Å². The van der Waals surface area contributed by atoms with Gasteiger partial charge in [0.15, 0.2) is 5.16 Å². The number of amides is 1. The smallest absolute Gasteiger partial charge is 0.234 e. The Balaban J connectivity index is 1.71. The van der Waals surface area contributed by atoms with Crippen LogP contribution in [0.4, 0.5) is 10.1 Å². The number of benzene rings is 2. The number of nitrogens with one attached hydrogen (secondary N) is 1. The number of hydrogen-bond acceptors (Lipinski definition) is 3. The van der Waals surface area contributed by atoms with Crippen molar-refractivity contribution in [1.82, 2.24) is 9.55 Å². The minimum Gasteiger partial charge on any atom is -0.323 e. The highest BCUT2D eigenvalue weighted by molar-refractivity contribution is 7.99. The molecule has 0 aliphatic heterocycles. The second kappa shape index (κ2) is 7.05. The van der Waals surface area contributed by atoms with Gasteiger partial charge in [0.2, 0.25) is 5.91 Å². The highest BCUT2D eigenvalue weighted by Crippen LogP contribution is 2.24. The van der Waals surface area contributed by atoms with Crippen LogP contribution in [0.3, 0.4) is 0 Å². The molecule has 0 saturated heterocycles. The standard InChI is InChI=1S/C18H18FN3OS/c1-3-22-16-7-5-4-6-14(16)21-18(22)24-11-17(23)20-15-10-12(2)8-9-13(15)19/h4-10H,3,11H2,1-2H3,(H,20,23). The number of carbonyl (C=O) groups excluding carboxylic acids is 1. The lowest BCUT2D eigenvalue weighted by molar-refractivity contribution is -0.113. The first-order valence-corrected chi connectivity index (χ1v) is 8.71. The third-order valence-electron chi connectivity index (χ3n) is 3.66. The molecular formula is C18H18FN3OS. The van der Waals surface area contributed by atoms with Crippen LogP contribution in [0.2, 0.25) is 0 Å². The molecule has 0 atom stereocenters. The van der Waals surface area contributed by atoms with Crippen molar-refractivity contribution in [2.75, 3.05) is 11.1 Å². The van der Waals surface area contributed by atoms with Crippen LogP contribution in [0.15, 0.2) is 47.6 Å². The van der Waals surface area contributed by atoms with Gasteiger partial charge in [0.05, 0.1) is 22.5 Å². The summed E-state index contributed by atoms with van der Waals surface area (Å²) in [6.07, 6.45) is 0. The molecule has 4 nitrogen and oxygen atoms in total. The molecule has 3 rings (SSSR count). The van der Waals surface area contributed by atoms with Crippen molar-refractivity contribution >= 4 is 34.4 Å². The largest absolute Gasteiger partial charge is 0.323 e. The lowest BCUT2D eigenvalue weighted by atomic mass is 10.2. The molecule has 0 fully saturated rings. The number of hydrogen-bond donors (Lipinski definition) is 1. The first kappa shape index (κ1) is 16.5. The average Bonchev–Trinajstić information content (AvgIpc) is 2.94. The minimum atomic E-state index is -0.431. The highest BCUT2D eigenvalue weighted by Gasteiger charge is 2.13. The van der Waals surface area contributed by atoms with E-state index in [2.05, 4.69) is 14.9 Å². The zero-order valence-electron chi connectivity index (χ0n) is 13.5. The Labute approximate surface area is 144 Å². The Bertz CT molecular complexity index is 891. The molecule has 124 valence electrons. The summed E-state index contributed by atoms with van der Waals surface area (Å²) in [6, 6.07) is 12.5. The van der Waals surface area contributed by atoms with Crippen LogP contribution in [0.1, 0.15) is 12.5 Å². The molecule has 6 heteroatoms. The van der Waals surface area contributed by atoms with Gasteiger partial charge < -0.3 is 9.88 Å². The van der Waals surface area contributed by atoms with E-state index >= 15 is 0 Å². The Morgan fingerprint density at radius 1 is 1.29 bits per heavy atom. The lowest BCUT2D eigenvalue weighted by Gasteiger charge is -2.08. The minimum absolute atomic E-state index is 0.177. The van der Waals surface area contributed by atoms with Gasteiger partial charge in [-0.1, -0.05) is 30.0 Å². The van der Waals surface area contributed by atoms with E-state index in [0.29, 0.717) is 0 Å². The first-order valence-electron chi connectivity index (χ1n) is 7.72. The van der Waals surface area contributed by atoms with Crippen LogP contribution < -0.4 is 5.32 Å². The summed E-state index contributed by atoms with van der Waals surface area (Å²) in [5.74, 6) is -0.504. The fraction of sp³-hybridized carbons (Fsp3) is 0.222. The monoisotopic (exact) mass is 343 g/mol. The van der Waals surface area contributed by atoms with Crippen LogP contribution >= 0.6 is 11.8 Å². The molecule has 0 spiro atoms. The molecule has 3 aromatic rings. The quantitative estimate of drug-likeness (QED) is 0.705. The predicted octanol–water partition coefficient (Wildman–Crippen LogP) is 4.23. The Hall–Kier alpha value is -2.34. The number of anilines is 1. The topological polar surface area (TPSA) is 46.9 Å². The number of nitrogens with zero attached hydrogens (tertiary/aromatic N) is 2. The van der Waals surface area contributed by atoms with E-state index in [4.69, 9.17) is 0 Å².